The van der Waals surface area contributed by atoms with Crippen LogP contribution in [0, 0.1) is 0 Å². The van der Waals surface area contributed by atoms with E-state index in [1.807, 2.05) is 24.3 Å². The molecule has 26 heavy (non-hydrogen) atoms. The molecule has 0 radical (unpaired) electrons. The Morgan fingerprint density at radius 2 is 1.62 bits per heavy atom. The van der Waals surface area contributed by atoms with Crippen molar-refractivity contribution < 1.29 is 13.2 Å². The molecule has 0 aliphatic carbocycles. The van der Waals surface area contributed by atoms with Crippen LogP contribution in [-0.2, 0) is 10.0 Å². The highest BCUT2D eigenvalue weighted by Crippen LogP contribution is 2.25. The number of rotatable bonds is 5. The third kappa shape index (κ3) is 4.62. The van der Waals surface area contributed by atoms with Crippen molar-refractivity contribution in [1.29, 1.82) is 0 Å². The first-order valence-electron chi connectivity index (χ1n) is 8.25. The number of nitrogens with zero attached hydrogens (tertiary/aromatic N) is 1. The Morgan fingerprint density at radius 3 is 2.15 bits per heavy atom. The molecule has 0 saturated carbocycles. The number of ether oxygens (including phenoxy) is 1. The molecule has 5 nitrogen and oxygen atoms in total. The van der Waals surface area contributed by atoms with Gasteiger partial charge < -0.3 is 9.64 Å². The fraction of sp³-hybridized carbons (Fsp3) is 0.333. The fourth-order valence-corrected chi connectivity index (χ4v) is 5.05. The van der Waals surface area contributed by atoms with Gasteiger partial charge in [0, 0.05) is 34.9 Å². The van der Waals surface area contributed by atoms with Crippen molar-refractivity contribution in [3.8, 4) is 5.75 Å². The first-order valence-corrected chi connectivity index (χ1v) is 10.5. The fourth-order valence-electron chi connectivity index (χ4n) is 3.02. The summed E-state index contributed by atoms with van der Waals surface area (Å²) in [7, 11) is -2.01. The van der Waals surface area contributed by atoms with Crippen molar-refractivity contribution in [3.63, 3.8) is 0 Å². The van der Waals surface area contributed by atoms with Crippen LogP contribution in [0.25, 0.3) is 0 Å². The van der Waals surface area contributed by atoms with Crippen LogP contribution in [0.3, 0.4) is 0 Å². The second-order valence-electron chi connectivity index (χ2n) is 6.19. The molecule has 140 valence electrons. The van der Waals surface area contributed by atoms with E-state index in [9.17, 15) is 8.42 Å². The minimum atomic E-state index is -3.65. The van der Waals surface area contributed by atoms with Gasteiger partial charge in [-0.05, 0) is 55.3 Å². The van der Waals surface area contributed by atoms with Crippen LogP contribution in [0.1, 0.15) is 12.8 Å². The van der Waals surface area contributed by atoms with Crippen LogP contribution in [0.2, 0.25) is 10.0 Å². The Hall–Kier alpha value is -1.47. The smallest absolute Gasteiger partial charge is 0.240 e. The number of nitrogens with one attached hydrogen (secondary N) is 1. The topological polar surface area (TPSA) is 58.6 Å². The lowest BCUT2D eigenvalue weighted by molar-refractivity contribution is 0.414. The molecule has 0 spiro atoms. The zero-order valence-electron chi connectivity index (χ0n) is 14.3. The maximum absolute atomic E-state index is 12.6. The van der Waals surface area contributed by atoms with Crippen molar-refractivity contribution in [1.82, 2.24) is 4.72 Å². The first-order chi connectivity index (χ1) is 12.4. The normalized spacial score (nSPS) is 15.9. The molecule has 1 fully saturated rings. The van der Waals surface area contributed by atoms with Crippen LogP contribution in [0.5, 0.6) is 5.75 Å². The van der Waals surface area contributed by atoms with Gasteiger partial charge >= 0.3 is 0 Å². The number of halogens is 2. The van der Waals surface area contributed by atoms with Gasteiger partial charge in [-0.1, -0.05) is 23.2 Å². The molecule has 0 amide bonds. The lowest BCUT2D eigenvalue weighted by Crippen LogP contribution is -2.44. The lowest BCUT2D eigenvalue weighted by atomic mass is 10.1. The van der Waals surface area contributed by atoms with Gasteiger partial charge in [0.05, 0.1) is 12.0 Å². The van der Waals surface area contributed by atoms with Crippen molar-refractivity contribution >= 4 is 38.9 Å². The monoisotopic (exact) mass is 414 g/mol. The minimum absolute atomic E-state index is 0.0904. The minimum Gasteiger partial charge on any atom is -0.497 e. The predicted octanol–water partition coefficient (Wildman–Crippen LogP) is 3.95. The van der Waals surface area contributed by atoms with Crippen molar-refractivity contribution in [2.75, 3.05) is 25.1 Å². The number of benzene rings is 2. The molecule has 8 heteroatoms. The summed E-state index contributed by atoms with van der Waals surface area (Å²) in [6.45, 7) is 1.55. The highest BCUT2D eigenvalue weighted by atomic mass is 35.5. The van der Waals surface area contributed by atoms with Gasteiger partial charge in [0.2, 0.25) is 10.0 Å². The van der Waals surface area contributed by atoms with Crippen LogP contribution in [-0.4, -0.2) is 34.7 Å². The standard InChI is InChI=1S/C18H20Cl2N2O3S/c1-25-17-4-2-16(3-5-17)22-8-6-15(7-9-22)21-26(23,24)18-11-13(19)10-14(20)12-18/h2-5,10-12,15,21H,6-9H2,1H3. The second-order valence-corrected chi connectivity index (χ2v) is 8.77. The Labute approximate surface area is 163 Å². The molecule has 1 aliphatic rings. The van der Waals surface area contributed by atoms with Crippen LogP contribution in [0.15, 0.2) is 47.4 Å². The molecular formula is C18H20Cl2N2O3S. The molecule has 1 heterocycles. The summed E-state index contributed by atoms with van der Waals surface area (Å²) >= 11 is 11.8. The van der Waals surface area contributed by atoms with E-state index in [0.717, 1.165) is 37.4 Å². The largest absolute Gasteiger partial charge is 0.497 e. The Morgan fingerprint density at radius 1 is 1.04 bits per heavy atom. The second kappa shape index (κ2) is 8.05. The van der Waals surface area contributed by atoms with Gasteiger partial charge in [-0.15, -0.1) is 0 Å². The highest BCUT2D eigenvalue weighted by Gasteiger charge is 2.25. The van der Waals surface area contributed by atoms with Gasteiger partial charge in [0.1, 0.15) is 5.75 Å². The third-order valence-electron chi connectivity index (χ3n) is 4.40. The van der Waals surface area contributed by atoms with Crippen molar-refractivity contribution in [3.05, 3.63) is 52.5 Å². The van der Waals surface area contributed by atoms with E-state index in [4.69, 9.17) is 27.9 Å². The summed E-state index contributed by atoms with van der Waals surface area (Å²) in [6.07, 6.45) is 1.44. The summed E-state index contributed by atoms with van der Waals surface area (Å²) in [4.78, 5) is 2.33. The number of anilines is 1. The molecule has 0 bridgehead atoms. The SMILES string of the molecule is COc1ccc(N2CCC(NS(=O)(=O)c3cc(Cl)cc(Cl)c3)CC2)cc1. The summed E-state index contributed by atoms with van der Waals surface area (Å²) in [5.41, 5.74) is 1.11. The maximum Gasteiger partial charge on any atom is 0.240 e. The lowest BCUT2D eigenvalue weighted by Gasteiger charge is -2.33. The van der Waals surface area contributed by atoms with Crippen LogP contribution in [0.4, 0.5) is 5.69 Å². The molecule has 0 aromatic heterocycles. The molecular weight excluding hydrogens is 395 g/mol. The van der Waals surface area contributed by atoms with E-state index < -0.39 is 10.0 Å². The maximum atomic E-state index is 12.6. The molecule has 0 unspecified atom stereocenters. The molecule has 1 aliphatic heterocycles. The van der Waals surface area contributed by atoms with Crippen molar-refractivity contribution in [2.45, 2.75) is 23.8 Å². The number of piperidine rings is 1. The van der Waals surface area contributed by atoms with Gasteiger partial charge in [-0.3, -0.25) is 0 Å². The van der Waals surface area contributed by atoms with E-state index in [2.05, 4.69) is 9.62 Å². The average Bonchev–Trinajstić information content (AvgIpc) is 2.61. The number of sulfonamides is 1. The van der Waals surface area contributed by atoms with Crippen LogP contribution < -0.4 is 14.4 Å². The molecule has 2 aromatic carbocycles. The van der Waals surface area contributed by atoms with E-state index in [1.54, 1.807) is 7.11 Å². The molecule has 1 N–H and O–H groups in total. The Bertz CT molecular complexity index is 844. The van der Waals surface area contributed by atoms with E-state index >= 15 is 0 Å². The van der Waals surface area contributed by atoms with E-state index in [0.29, 0.717) is 10.0 Å². The predicted molar refractivity (Wildman–Crippen MR) is 105 cm³/mol. The summed E-state index contributed by atoms with van der Waals surface area (Å²) in [6, 6.07) is 12.1. The zero-order valence-corrected chi connectivity index (χ0v) is 16.6. The first kappa shape index (κ1) is 19.3. The summed E-state index contributed by atoms with van der Waals surface area (Å²) < 4.78 is 33.1. The van der Waals surface area contributed by atoms with Crippen LogP contribution >= 0.6 is 23.2 Å². The van der Waals surface area contributed by atoms with Gasteiger partial charge in [0.25, 0.3) is 0 Å². The zero-order chi connectivity index (χ0) is 18.7. The van der Waals surface area contributed by atoms with E-state index in [1.165, 1.54) is 18.2 Å². The molecule has 0 atom stereocenters. The highest BCUT2D eigenvalue weighted by molar-refractivity contribution is 7.89. The molecule has 1 saturated heterocycles. The number of hydrogen-bond donors (Lipinski definition) is 1. The van der Waals surface area contributed by atoms with Gasteiger partial charge in [0.15, 0.2) is 0 Å². The van der Waals surface area contributed by atoms with E-state index in [-0.39, 0.29) is 10.9 Å². The third-order valence-corrected chi connectivity index (χ3v) is 6.34. The van der Waals surface area contributed by atoms with Crippen molar-refractivity contribution in [2.24, 2.45) is 0 Å². The van der Waals surface area contributed by atoms with Gasteiger partial charge in [-0.25, -0.2) is 13.1 Å². The number of hydrogen-bond acceptors (Lipinski definition) is 4. The summed E-state index contributed by atoms with van der Waals surface area (Å²) in [5.74, 6) is 0.816. The molecule has 2 aromatic rings. The summed E-state index contributed by atoms with van der Waals surface area (Å²) in [5, 5.41) is 0.597. The average molecular weight is 415 g/mol. The Balaban J connectivity index is 1.62. The number of methoxy groups -OCH3 is 1. The molecule has 3 rings (SSSR count). The van der Waals surface area contributed by atoms with Gasteiger partial charge in [-0.2, -0.15) is 0 Å². The quantitative estimate of drug-likeness (QED) is 0.804. The Kier molecular flexibility index (Phi) is 5.97.